The zero-order valence-corrected chi connectivity index (χ0v) is 10.4. The number of halogens is 1. The van der Waals surface area contributed by atoms with Gasteiger partial charge in [-0.15, -0.1) is 11.6 Å². The average molecular weight is 241 g/mol. The second-order valence-corrected chi connectivity index (χ2v) is 4.36. The molecule has 0 aliphatic heterocycles. The maximum atomic E-state index is 11.7. The van der Waals surface area contributed by atoms with Crippen LogP contribution in [0.15, 0.2) is 18.3 Å². The number of pyridine rings is 1. The molecule has 1 amide bonds. The van der Waals surface area contributed by atoms with E-state index in [1.54, 1.807) is 12.3 Å². The van der Waals surface area contributed by atoms with E-state index in [2.05, 4.69) is 17.2 Å². The Morgan fingerprint density at radius 2 is 2.31 bits per heavy atom. The molecule has 1 unspecified atom stereocenters. The van der Waals surface area contributed by atoms with Crippen LogP contribution in [-0.4, -0.2) is 23.3 Å². The van der Waals surface area contributed by atoms with E-state index in [1.165, 1.54) is 0 Å². The van der Waals surface area contributed by atoms with Crippen LogP contribution >= 0.6 is 11.6 Å². The Kier molecular flexibility index (Phi) is 5.26. The number of hydrogen-bond acceptors (Lipinski definition) is 2. The van der Waals surface area contributed by atoms with Crippen molar-refractivity contribution in [1.82, 2.24) is 10.3 Å². The summed E-state index contributed by atoms with van der Waals surface area (Å²) in [5.41, 5.74) is 1.51. The molecule has 0 radical (unpaired) electrons. The van der Waals surface area contributed by atoms with Crippen LogP contribution in [-0.2, 0) is 0 Å². The number of hydrogen-bond donors (Lipinski definition) is 1. The zero-order valence-electron chi connectivity index (χ0n) is 9.66. The highest BCUT2D eigenvalue weighted by atomic mass is 35.5. The Balaban J connectivity index is 2.43. The average Bonchev–Trinajstić information content (AvgIpc) is 2.27. The van der Waals surface area contributed by atoms with Crippen molar-refractivity contribution in [3.05, 3.63) is 29.6 Å². The summed E-state index contributed by atoms with van der Waals surface area (Å²) < 4.78 is 0. The monoisotopic (exact) mass is 240 g/mol. The van der Waals surface area contributed by atoms with Gasteiger partial charge in [0, 0.05) is 24.3 Å². The number of carbonyl (C=O) groups excluding carboxylic acids is 1. The normalized spacial score (nSPS) is 12.2. The fourth-order valence-electron chi connectivity index (χ4n) is 1.26. The lowest BCUT2D eigenvalue weighted by molar-refractivity contribution is 0.0947. The third-order valence-corrected chi connectivity index (χ3v) is 2.60. The van der Waals surface area contributed by atoms with E-state index in [0.717, 1.165) is 12.1 Å². The fourth-order valence-corrected chi connectivity index (χ4v) is 1.63. The van der Waals surface area contributed by atoms with E-state index in [4.69, 9.17) is 11.6 Å². The smallest absolute Gasteiger partial charge is 0.252 e. The van der Waals surface area contributed by atoms with Crippen molar-refractivity contribution in [2.24, 2.45) is 5.92 Å². The SMILES string of the molecule is Cc1ccc(C(=O)NCC(C)CCCl)cn1. The molecule has 88 valence electrons. The predicted molar refractivity (Wildman–Crippen MR) is 65.8 cm³/mol. The van der Waals surface area contributed by atoms with Gasteiger partial charge in [-0.2, -0.15) is 0 Å². The minimum Gasteiger partial charge on any atom is -0.352 e. The first-order valence-corrected chi connectivity index (χ1v) is 5.93. The number of rotatable bonds is 5. The van der Waals surface area contributed by atoms with Gasteiger partial charge in [0.1, 0.15) is 0 Å². The van der Waals surface area contributed by atoms with Gasteiger partial charge >= 0.3 is 0 Å². The molecule has 3 nitrogen and oxygen atoms in total. The molecule has 0 spiro atoms. The first-order chi connectivity index (χ1) is 7.63. The number of aryl methyl sites for hydroxylation is 1. The molecule has 0 aliphatic carbocycles. The lowest BCUT2D eigenvalue weighted by Crippen LogP contribution is -2.28. The van der Waals surface area contributed by atoms with Crippen LogP contribution in [0.25, 0.3) is 0 Å². The minimum absolute atomic E-state index is 0.0751. The zero-order chi connectivity index (χ0) is 12.0. The van der Waals surface area contributed by atoms with E-state index in [0.29, 0.717) is 23.9 Å². The van der Waals surface area contributed by atoms with Crippen molar-refractivity contribution >= 4 is 17.5 Å². The lowest BCUT2D eigenvalue weighted by atomic mass is 10.1. The fraction of sp³-hybridized carbons (Fsp3) is 0.500. The lowest BCUT2D eigenvalue weighted by Gasteiger charge is -2.10. The molecule has 0 bridgehead atoms. The molecule has 1 heterocycles. The van der Waals surface area contributed by atoms with E-state index >= 15 is 0 Å². The second-order valence-electron chi connectivity index (χ2n) is 3.98. The van der Waals surface area contributed by atoms with Gasteiger partial charge in [-0.05, 0) is 31.4 Å². The standard InChI is InChI=1S/C12H17ClN2O/c1-9(5-6-13)7-15-12(16)11-4-3-10(2)14-8-11/h3-4,8-9H,5-7H2,1-2H3,(H,15,16). The van der Waals surface area contributed by atoms with Crippen molar-refractivity contribution in [3.8, 4) is 0 Å². The molecule has 1 N–H and O–H groups in total. The number of amides is 1. The van der Waals surface area contributed by atoms with Crippen molar-refractivity contribution in [1.29, 1.82) is 0 Å². The molecule has 0 fully saturated rings. The van der Waals surface area contributed by atoms with Crippen LogP contribution < -0.4 is 5.32 Å². The van der Waals surface area contributed by atoms with E-state index in [1.807, 2.05) is 13.0 Å². The minimum atomic E-state index is -0.0751. The highest BCUT2D eigenvalue weighted by Gasteiger charge is 2.07. The van der Waals surface area contributed by atoms with Gasteiger partial charge in [-0.1, -0.05) is 6.92 Å². The number of nitrogens with one attached hydrogen (secondary N) is 1. The summed E-state index contributed by atoms with van der Waals surface area (Å²) >= 11 is 5.62. The maximum absolute atomic E-state index is 11.7. The van der Waals surface area contributed by atoms with Crippen molar-refractivity contribution in [2.45, 2.75) is 20.3 Å². The molecule has 1 atom stereocenters. The maximum Gasteiger partial charge on any atom is 0.252 e. The summed E-state index contributed by atoms with van der Waals surface area (Å²) in [6.07, 6.45) is 2.50. The van der Waals surface area contributed by atoms with E-state index < -0.39 is 0 Å². The summed E-state index contributed by atoms with van der Waals surface area (Å²) in [7, 11) is 0. The van der Waals surface area contributed by atoms with Crippen LogP contribution in [0.2, 0.25) is 0 Å². The number of carbonyl (C=O) groups is 1. The molecule has 1 aromatic rings. The van der Waals surface area contributed by atoms with Crippen molar-refractivity contribution in [3.63, 3.8) is 0 Å². The van der Waals surface area contributed by atoms with Crippen LogP contribution in [0.3, 0.4) is 0 Å². The molecule has 4 heteroatoms. The molecular formula is C12H17ClN2O. The first kappa shape index (κ1) is 13.0. The van der Waals surface area contributed by atoms with Gasteiger partial charge in [0.2, 0.25) is 0 Å². The van der Waals surface area contributed by atoms with Crippen LogP contribution in [0.4, 0.5) is 0 Å². The van der Waals surface area contributed by atoms with Gasteiger partial charge in [0.05, 0.1) is 5.56 Å². The third-order valence-electron chi connectivity index (χ3n) is 2.39. The Labute approximate surface area is 101 Å². The topological polar surface area (TPSA) is 42.0 Å². The summed E-state index contributed by atoms with van der Waals surface area (Å²) in [6.45, 7) is 4.61. The molecule has 1 rings (SSSR count). The van der Waals surface area contributed by atoms with Crippen LogP contribution in [0, 0.1) is 12.8 Å². The molecule has 0 saturated carbocycles. The molecule has 0 aliphatic rings. The first-order valence-electron chi connectivity index (χ1n) is 5.40. The molecule has 0 aromatic carbocycles. The highest BCUT2D eigenvalue weighted by molar-refractivity contribution is 6.17. The van der Waals surface area contributed by atoms with Gasteiger partial charge in [0.25, 0.3) is 5.91 Å². The Morgan fingerprint density at radius 3 is 2.88 bits per heavy atom. The van der Waals surface area contributed by atoms with Crippen LogP contribution in [0.1, 0.15) is 29.4 Å². The van der Waals surface area contributed by atoms with E-state index in [9.17, 15) is 4.79 Å². The van der Waals surface area contributed by atoms with Crippen LogP contribution in [0.5, 0.6) is 0 Å². The highest BCUT2D eigenvalue weighted by Crippen LogP contribution is 2.03. The van der Waals surface area contributed by atoms with Gasteiger partial charge < -0.3 is 5.32 Å². The number of nitrogens with zero attached hydrogens (tertiary/aromatic N) is 1. The largest absolute Gasteiger partial charge is 0.352 e. The van der Waals surface area contributed by atoms with Crippen molar-refractivity contribution in [2.75, 3.05) is 12.4 Å². The molecule has 1 aromatic heterocycles. The Hall–Kier alpha value is -1.09. The van der Waals surface area contributed by atoms with Crippen molar-refractivity contribution < 1.29 is 4.79 Å². The van der Waals surface area contributed by atoms with Gasteiger partial charge in [0.15, 0.2) is 0 Å². The Morgan fingerprint density at radius 1 is 1.56 bits per heavy atom. The quantitative estimate of drug-likeness (QED) is 0.803. The van der Waals surface area contributed by atoms with Gasteiger partial charge in [-0.3, -0.25) is 9.78 Å². The number of aromatic nitrogens is 1. The summed E-state index contributed by atoms with van der Waals surface area (Å²) in [5, 5.41) is 2.87. The summed E-state index contributed by atoms with van der Waals surface area (Å²) in [4.78, 5) is 15.8. The number of alkyl halides is 1. The summed E-state index contributed by atoms with van der Waals surface area (Å²) in [6, 6.07) is 3.61. The molecular weight excluding hydrogens is 224 g/mol. The van der Waals surface area contributed by atoms with Gasteiger partial charge in [-0.25, -0.2) is 0 Å². The summed E-state index contributed by atoms with van der Waals surface area (Å²) in [5.74, 6) is 0.956. The Bertz CT molecular complexity index is 337. The molecule has 0 saturated heterocycles. The third kappa shape index (κ3) is 4.19. The van der Waals surface area contributed by atoms with E-state index in [-0.39, 0.29) is 5.91 Å². The predicted octanol–water partition coefficient (Wildman–Crippen LogP) is 2.38. The molecule has 16 heavy (non-hydrogen) atoms. The second kappa shape index (κ2) is 6.48.